The Hall–Kier alpha value is -3.02. The monoisotopic (exact) mass is 434 g/mol. The molecule has 150 valence electrons. The van der Waals surface area contributed by atoms with Gasteiger partial charge < -0.3 is 5.32 Å². The van der Waals surface area contributed by atoms with E-state index in [1.807, 2.05) is 62.4 Å². The van der Waals surface area contributed by atoms with Crippen LogP contribution in [0.3, 0.4) is 0 Å². The molecular weight excluding hydrogens is 416 g/mol. The molecule has 1 N–H and O–H groups in total. The third-order valence-electron chi connectivity index (χ3n) is 4.77. The zero-order chi connectivity index (χ0) is 21.3. The predicted molar refractivity (Wildman–Crippen MR) is 123 cm³/mol. The lowest BCUT2D eigenvalue weighted by atomic mass is 10.2. The van der Waals surface area contributed by atoms with Crippen molar-refractivity contribution in [3.63, 3.8) is 0 Å². The quantitative estimate of drug-likeness (QED) is 0.504. The molecule has 0 spiro atoms. The maximum Gasteiger partial charge on any atom is 0.283 e. The fourth-order valence-electron chi connectivity index (χ4n) is 3.11. The fourth-order valence-corrected chi connectivity index (χ4v) is 4.16. The number of amides is 2. The molecule has 1 aliphatic rings. The van der Waals surface area contributed by atoms with Crippen molar-refractivity contribution in [3.05, 3.63) is 99.5 Å². The summed E-state index contributed by atoms with van der Waals surface area (Å²) in [5.74, 6) is -0.719. The SMILES string of the molecule is Cc1ccc(N2C(=O)C(Nc3ccccc3C)=C(Sc3ccc(Cl)cc3)C2=O)cc1. The van der Waals surface area contributed by atoms with E-state index in [4.69, 9.17) is 11.6 Å². The van der Waals surface area contributed by atoms with Crippen LogP contribution >= 0.6 is 23.4 Å². The lowest BCUT2D eigenvalue weighted by Crippen LogP contribution is -2.32. The molecule has 4 nitrogen and oxygen atoms in total. The third kappa shape index (κ3) is 3.99. The molecule has 3 aromatic rings. The first kappa shape index (κ1) is 20.3. The first-order valence-corrected chi connectivity index (χ1v) is 10.6. The van der Waals surface area contributed by atoms with Gasteiger partial charge in [-0.15, -0.1) is 0 Å². The summed E-state index contributed by atoms with van der Waals surface area (Å²) in [6, 6.07) is 22.2. The highest BCUT2D eigenvalue weighted by Crippen LogP contribution is 2.38. The summed E-state index contributed by atoms with van der Waals surface area (Å²) in [5, 5.41) is 3.82. The van der Waals surface area contributed by atoms with Crippen LogP contribution in [-0.4, -0.2) is 11.8 Å². The van der Waals surface area contributed by atoms with Gasteiger partial charge in [-0.1, -0.05) is 59.3 Å². The molecule has 30 heavy (non-hydrogen) atoms. The number of carbonyl (C=O) groups is 2. The summed E-state index contributed by atoms with van der Waals surface area (Å²) in [6.45, 7) is 3.91. The molecule has 4 rings (SSSR count). The van der Waals surface area contributed by atoms with Gasteiger partial charge in [-0.2, -0.15) is 0 Å². The van der Waals surface area contributed by atoms with Gasteiger partial charge in [-0.05, 0) is 61.9 Å². The van der Waals surface area contributed by atoms with E-state index < -0.39 is 0 Å². The van der Waals surface area contributed by atoms with Gasteiger partial charge >= 0.3 is 0 Å². The Morgan fingerprint density at radius 3 is 2.17 bits per heavy atom. The van der Waals surface area contributed by atoms with Crippen LogP contribution in [0, 0.1) is 13.8 Å². The Morgan fingerprint density at radius 1 is 0.833 bits per heavy atom. The molecule has 0 bridgehead atoms. The molecule has 0 fully saturated rings. The summed E-state index contributed by atoms with van der Waals surface area (Å²) >= 11 is 7.24. The Balaban J connectivity index is 1.75. The molecule has 1 heterocycles. The van der Waals surface area contributed by atoms with Gasteiger partial charge in [0.05, 0.1) is 5.69 Å². The number of hydrogen-bond acceptors (Lipinski definition) is 4. The summed E-state index contributed by atoms with van der Waals surface area (Å²) in [4.78, 5) is 29.0. The van der Waals surface area contributed by atoms with Gasteiger partial charge in [0, 0.05) is 15.6 Å². The van der Waals surface area contributed by atoms with Gasteiger partial charge in [0.25, 0.3) is 11.8 Å². The van der Waals surface area contributed by atoms with E-state index in [0.29, 0.717) is 15.6 Å². The number of aryl methyl sites for hydroxylation is 2. The topological polar surface area (TPSA) is 49.4 Å². The van der Waals surface area contributed by atoms with Crippen LogP contribution in [0.4, 0.5) is 11.4 Å². The fraction of sp³-hybridized carbons (Fsp3) is 0.0833. The lowest BCUT2D eigenvalue weighted by Gasteiger charge is -2.16. The van der Waals surface area contributed by atoms with E-state index in [1.54, 1.807) is 24.3 Å². The zero-order valence-electron chi connectivity index (χ0n) is 16.5. The molecule has 0 atom stereocenters. The Morgan fingerprint density at radius 2 is 1.50 bits per heavy atom. The van der Waals surface area contributed by atoms with Gasteiger partial charge in [0.15, 0.2) is 0 Å². The highest BCUT2D eigenvalue weighted by atomic mass is 35.5. The molecule has 2 amide bonds. The maximum atomic E-state index is 13.3. The van der Waals surface area contributed by atoms with Gasteiger partial charge in [0.1, 0.15) is 10.6 Å². The number of nitrogens with zero attached hydrogens (tertiary/aromatic N) is 1. The number of para-hydroxylation sites is 1. The van der Waals surface area contributed by atoms with Crippen LogP contribution in [0.5, 0.6) is 0 Å². The minimum atomic E-state index is -0.372. The number of carbonyl (C=O) groups excluding carboxylic acids is 2. The lowest BCUT2D eigenvalue weighted by molar-refractivity contribution is -0.120. The molecule has 0 aromatic heterocycles. The highest BCUT2D eigenvalue weighted by Gasteiger charge is 2.40. The van der Waals surface area contributed by atoms with Gasteiger partial charge in [0.2, 0.25) is 0 Å². The van der Waals surface area contributed by atoms with E-state index in [-0.39, 0.29) is 17.5 Å². The number of hydrogen-bond donors (Lipinski definition) is 1. The van der Waals surface area contributed by atoms with Crippen molar-refractivity contribution in [2.75, 3.05) is 10.2 Å². The second kappa shape index (κ2) is 8.38. The minimum Gasteiger partial charge on any atom is -0.350 e. The highest BCUT2D eigenvalue weighted by molar-refractivity contribution is 8.04. The number of benzene rings is 3. The summed E-state index contributed by atoms with van der Waals surface area (Å²) in [7, 11) is 0. The van der Waals surface area contributed by atoms with Crippen molar-refractivity contribution in [2.24, 2.45) is 0 Å². The number of imide groups is 1. The van der Waals surface area contributed by atoms with E-state index in [1.165, 1.54) is 16.7 Å². The van der Waals surface area contributed by atoms with Crippen molar-refractivity contribution in [2.45, 2.75) is 18.7 Å². The molecule has 0 radical (unpaired) electrons. The summed E-state index contributed by atoms with van der Waals surface area (Å²) in [6.07, 6.45) is 0. The molecule has 1 aliphatic heterocycles. The third-order valence-corrected chi connectivity index (χ3v) is 6.11. The van der Waals surface area contributed by atoms with Crippen molar-refractivity contribution in [1.29, 1.82) is 0 Å². The second-order valence-electron chi connectivity index (χ2n) is 6.98. The smallest absolute Gasteiger partial charge is 0.283 e. The summed E-state index contributed by atoms with van der Waals surface area (Å²) in [5.41, 5.74) is 3.64. The van der Waals surface area contributed by atoms with Crippen molar-refractivity contribution in [1.82, 2.24) is 0 Å². The van der Waals surface area contributed by atoms with Gasteiger partial charge in [-0.25, -0.2) is 4.90 Å². The first-order chi connectivity index (χ1) is 14.4. The van der Waals surface area contributed by atoms with Crippen LogP contribution in [0.2, 0.25) is 5.02 Å². The van der Waals surface area contributed by atoms with Crippen molar-refractivity contribution in [3.8, 4) is 0 Å². The van der Waals surface area contributed by atoms with Crippen LogP contribution in [0.25, 0.3) is 0 Å². The van der Waals surface area contributed by atoms with Gasteiger partial charge in [-0.3, -0.25) is 9.59 Å². The van der Waals surface area contributed by atoms with Crippen LogP contribution in [-0.2, 0) is 9.59 Å². The summed E-state index contributed by atoms with van der Waals surface area (Å²) < 4.78 is 0. The van der Waals surface area contributed by atoms with E-state index in [2.05, 4.69) is 5.32 Å². The maximum absolute atomic E-state index is 13.3. The minimum absolute atomic E-state index is 0.273. The van der Waals surface area contributed by atoms with Crippen molar-refractivity contribution >= 4 is 46.6 Å². The van der Waals surface area contributed by atoms with Crippen LogP contribution in [0.1, 0.15) is 11.1 Å². The average molecular weight is 435 g/mol. The largest absolute Gasteiger partial charge is 0.350 e. The normalized spacial score (nSPS) is 13.9. The second-order valence-corrected chi connectivity index (χ2v) is 8.50. The Bertz CT molecular complexity index is 1150. The van der Waals surface area contributed by atoms with Crippen LogP contribution in [0.15, 0.2) is 88.3 Å². The molecular formula is C24H19ClN2O2S. The first-order valence-electron chi connectivity index (χ1n) is 9.40. The molecule has 0 unspecified atom stereocenters. The average Bonchev–Trinajstić information content (AvgIpc) is 2.96. The zero-order valence-corrected chi connectivity index (χ0v) is 18.1. The molecule has 0 aliphatic carbocycles. The van der Waals surface area contributed by atoms with E-state index in [9.17, 15) is 9.59 Å². The molecule has 3 aromatic carbocycles. The Labute approximate surface area is 184 Å². The Kier molecular flexibility index (Phi) is 5.66. The number of rotatable bonds is 5. The molecule has 0 saturated carbocycles. The number of nitrogens with one attached hydrogen (secondary N) is 1. The van der Waals surface area contributed by atoms with E-state index in [0.717, 1.165) is 21.7 Å². The van der Waals surface area contributed by atoms with Crippen molar-refractivity contribution < 1.29 is 9.59 Å². The number of thioether (sulfide) groups is 1. The van der Waals surface area contributed by atoms with E-state index >= 15 is 0 Å². The standard InChI is InChI=1S/C24H19ClN2O2S/c1-15-7-11-18(12-8-15)27-23(28)21(26-20-6-4-3-5-16(20)2)22(24(27)29)30-19-13-9-17(25)10-14-19/h3-14,26H,1-2H3. The number of halogens is 1. The molecule has 0 saturated heterocycles. The number of anilines is 2. The van der Waals surface area contributed by atoms with Crippen LogP contribution < -0.4 is 10.2 Å². The predicted octanol–water partition coefficient (Wildman–Crippen LogP) is 5.95. The molecule has 6 heteroatoms.